The quantitative estimate of drug-likeness (QED) is 0.773. The van der Waals surface area contributed by atoms with Crippen LogP contribution in [-0.4, -0.2) is 37.0 Å². The number of rotatable bonds is 5. The van der Waals surface area contributed by atoms with Crippen molar-refractivity contribution >= 4 is 15.9 Å². The molecule has 0 bridgehead atoms. The van der Waals surface area contributed by atoms with Crippen LogP contribution in [0.4, 0.5) is 0 Å². The van der Waals surface area contributed by atoms with Crippen molar-refractivity contribution in [1.29, 1.82) is 0 Å². The molecule has 2 nitrogen and oxygen atoms in total. The van der Waals surface area contributed by atoms with Gasteiger partial charge in [-0.05, 0) is 49.4 Å². The van der Waals surface area contributed by atoms with E-state index in [1.807, 2.05) is 12.1 Å². The maximum absolute atomic E-state index is 5.18. The van der Waals surface area contributed by atoms with E-state index in [9.17, 15) is 0 Å². The zero-order valence-electron chi connectivity index (χ0n) is 11.1. The number of likely N-dealkylation sites (tertiary alicyclic amines) is 1. The first-order chi connectivity index (χ1) is 8.81. The van der Waals surface area contributed by atoms with Gasteiger partial charge in [0.2, 0.25) is 0 Å². The van der Waals surface area contributed by atoms with Crippen LogP contribution < -0.4 is 4.74 Å². The predicted molar refractivity (Wildman–Crippen MR) is 79.7 cm³/mol. The molecule has 0 spiro atoms. The molecule has 1 aliphatic rings. The van der Waals surface area contributed by atoms with Crippen LogP contribution in [0.1, 0.15) is 18.4 Å². The summed E-state index contributed by atoms with van der Waals surface area (Å²) in [6.07, 6.45) is 3.86. The third-order valence-electron chi connectivity index (χ3n) is 3.70. The van der Waals surface area contributed by atoms with Crippen LogP contribution in [0, 0.1) is 5.92 Å². The summed E-state index contributed by atoms with van der Waals surface area (Å²) < 4.78 is 5.18. The molecule has 0 aromatic heterocycles. The fourth-order valence-corrected chi connectivity index (χ4v) is 3.09. The second-order valence-electron chi connectivity index (χ2n) is 5.06. The van der Waals surface area contributed by atoms with Crippen molar-refractivity contribution in [3.63, 3.8) is 0 Å². The maximum atomic E-state index is 5.18. The molecule has 1 fully saturated rings. The van der Waals surface area contributed by atoms with E-state index in [2.05, 4.69) is 33.0 Å². The Hall–Kier alpha value is -0.540. The average molecular weight is 312 g/mol. The Kier molecular flexibility index (Phi) is 5.51. The average Bonchev–Trinajstić information content (AvgIpc) is 2.46. The molecule has 0 amide bonds. The van der Waals surface area contributed by atoms with E-state index in [1.54, 1.807) is 7.11 Å². The molecule has 0 saturated carbocycles. The van der Waals surface area contributed by atoms with Crippen LogP contribution in [0.25, 0.3) is 0 Å². The lowest BCUT2D eigenvalue weighted by molar-refractivity contribution is 0.189. The fraction of sp³-hybridized carbons (Fsp3) is 0.600. The molecule has 0 aliphatic carbocycles. The Morgan fingerprint density at radius 2 is 2.11 bits per heavy atom. The minimum atomic E-state index is 0.842. The molecule has 1 atom stereocenters. The first-order valence-corrected chi connectivity index (χ1v) is 7.85. The van der Waals surface area contributed by atoms with Gasteiger partial charge in [0.25, 0.3) is 0 Å². The van der Waals surface area contributed by atoms with Gasteiger partial charge in [-0.2, -0.15) is 0 Å². The van der Waals surface area contributed by atoms with Crippen molar-refractivity contribution in [2.24, 2.45) is 5.92 Å². The lowest BCUT2D eigenvalue weighted by Crippen LogP contribution is -2.37. The molecule has 0 radical (unpaired) electrons. The van der Waals surface area contributed by atoms with Crippen molar-refractivity contribution in [3.8, 4) is 5.75 Å². The van der Waals surface area contributed by atoms with Crippen LogP contribution in [0.2, 0.25) is 0 Å². The number of alkyl halides is 1. The molecule has 18 heavy (non-hydrogen) atoms. The summed E-state index contributed by atoms with van der Waals surface area (Å²) in [5.74, 6) is 1.78. The molecule has 1 heterocycles. The zero-order valence-corrected chi connectivity index (χ0v) is 12.7. The largest absolute Gasteiger partial charge is 0.497 e. The predicted octanol–water partition coefficient (Wildman–Crippen LogP) is 3.34. The van der Waals surface area contributed by atoms with Gasteiger partial charge < -0.3 is 9.64 Å². The Labute approximate surface area is 118 Å². The van der Waals surface area contributed by atoms with E-state index in [0.29, 0.717) is 0 Å². The van der Waals surface area contributed by atoms with Gasteiger partial charge in [0.05, 0.1) is 7.11 Å². The second-order valence-corrected chi connectivity index (χ2v) is 5.71. The third kappa shape index (κ3) is 3.99. The lowest BCUT2D eigenvalue weighted by atomic mass is 10.00. The van der Waals surface area contributed by atoms with Crippen LogP contribution in [0.5, 0.6) is 5.75 Å². The Balaban J connectivity index is 1.79. The van der Waals surface area contributed by atoms with Crippen molar-refractivity contribution in [3.05, 3.63) is 29.8 Å². The summed E-state index contributed by atoms with van der Waals surface area (Å²) >= 11 is 3.61. The highest BCUT2D eigenvalue weighted by Crippen LogP contribution is 2.19. The third-order valence-corrected chi connectivity index (χ3v) is 4.61. The summed E-state index contributed by atoms with van der Waals surface area (Å²) in [5, 5.41) is 1.14. The lowest BCUT2D eigenvalue weighted by Gasteiger charge is -2.31. The standard InChI is InChI=1S/C15H22BrNO/c1-18-15-6-4-13(5-7-15)8-10-17-9-2-3-14(11-16)12-17/h4-7,14H,2-3,8-12H2,1H3. The van der Waals surface area contributed by atoms with Gasteiger partial charge in [-0.15, -0.1) is 0 Å². The summed E-state index contributed by atoms with van der Waals surface area (Å²) in [7, 11) is 1.71. The molecule has 0 N–H and O–H groups in total. The van der Waals surface area contributed by atoms with Crippen molar-refractivity contribution < 1.29 is 4.74 Å². The van der Waals surface area contributed by atoms with E-state index in [1.165, 1.54) is 38.0 Å². The van der Waals surface area contributed by atoms with E-state index in [0.717, 1.165) is 23.4 Å². The maximum Gasteiger partial charge on any atom is 0.118 e. The first-order valence-electron chi connectivity index (χ1n) is 6.73. The molecule has 1 aliphatic heterocycles. The fourth-order valence-electron chi connectivity index (χ4n) is 2.56. The number of ether oxygens (including phenoxy) is 1. The van der Waals surface area contributed by atoms with E-state index >= 15 is 0 Å². The summed E-state index contributed by atoms with van der Waals surface area (Å²) in [6.45, 7) is 3.69. The van der Waals surface area contributed by atoms with Gasteiger partial charge in [-0.1, -0.05) is 28.1 Å². The summed E-state index contributed by atoms with van der Waals surface area (Å²) in [4.78, 5) is 2.60. The van der Waals surface area contributed by atoms with Gasteiger partial charge in [0.15, 0.2) is 0 Å². The minimum absolute atomic E-state index is 0.842. The Morgan fingerprint density at radius 1 is 1.33 bits per heavy atom. The minimum Gasteiger partial charge on any atom is -0.497 e. The normalized spacial score (nSPS) is 20.9. The smallest absolute Gasteiger partial charge is 0.118 e. The molecular formula is C15H22BrNO. The van der Waals surface area contributed by atoms with E-state index in [4.69, 9.17) is 4.74 Å². The number of halogens is 1. The molecule has 1 aromatic rings. The molecule has 100 valence electrons. The molecule has 2 rings (SSSR count). The number of piperidine rings is 1. The van der Waals surface area contributed by atoms with Crippen LogP contribution >= 0.6 is 15.9 Å². The summed E-state index contributed by atoms with van der Waals surface area (Å²) in [5.41, 5.74) is 1.40. The molecule has 1 unspecified atom stereocenters. The molecule has 3 heteroatoms. The monoisotopic (exact) mass is 311 g/mol. The first kappa shape index (κ1) is 13.9. The van der Waals surface area contributed by atoms with Gasteiger partial charge >= 0.3 is 0 Å². The molecule has 1 aromatic carbocycles. The van der Waals surface area contributed by atoms with E-state index in [-0.39, 0.29) is 0 Å². The van der Waals surface area contributed by atoms with Gasteiger partial charge in [-0.25, -0.2) is 0 Å². The number of nitrogens with zero attached hydrogens (tertiary/aromatic N) is 1. The Morgan fingerprint density at radius 3 is 2.78 bits per heavy atom. The Bertz CT molecular complexity index is 352. The number of benzene rings is 1. The van der Waals surface area contributed by atoms with E-state index < -0.39 is 0 Å². The topological polar surface area (TPSA) is 12.5 Å². The van der Waals surface area contributed by atoms with Crippen molar-refractivity contribution in [2.75, 3.05) is 32.1 Å². The van der Waals surface area contributed by atoms with Crippen LogP contribution in [0.15, 0.2) is 24.3 Å². The van der Waals surface area contributed by atoms with Crippen molar-refractivity contribution in [2.45, 2.75) is 19.3 Å². The molecule has 1 saturated heterocycles. The van der Waals surface area contributed by atoms with Gasteiger partial charge in [-0.3, -0.25) is 0 Å². The highest BCUT2D eigenvalue weighted by molar-refractivity contribution is 9.09. The van der Waals surface area contributed by atoms with Gasteiger partial charge in [0, 0.05) is 18.4 Å². The van der Waals surface area contributed by atoms with Crippen molar-refractivity contribution in [1.82, 2.24) is 4.90 Å². The highest BCUT2D eigenvalue weighted by atomic mass is 79.9. The van der Waals surface area contributed by atoms with Crippen LogP contribution in [-0.2, 0) is 6.42 Å². The summed E-state index contributed by atoms with van der Waals surface area (Å²) in [6, 6.07) is 8.44. The number of methoxy groups -OCH3 is 1. The van der Waals surface area contributed by atoms with Crippen LogP contribution in [0.3, 0.4) is 0 Å². The SMILES string of the molecule is COc1ccc(CCN2CCCC(CBr)C2)cc1. The number of hydrogen-bond acceptors (Lipinski definition) is 2. The number of hydrogen-bond donors (Lipinski definition) is 0. The highest BCUT2D eigenvalue weighted by Gasteiger charge is 2.18. The van der Waals surface area contributed by atoms with Gasteiger partial charge in [0.1, 0.15) is 5.75 Å². The zero-order chi connectivity index (χ0) is 12.8. The molecular weight excluding hydrogens is 290 g/mol. The second kappa shape index (κ2) is 7.15.